The fourth-order valence-corrected chi connectivity index (χ4v) is 2.28. The summed E-state index contributed by atoms with van der Waals surface area (Å²) in [5.41, 5.74) is 5.34. The second-order valence-electron chi connectivity index (χ2n) is 1.86. The molecule has 4 heteroatoms. The smallest absolute Gasteiger partial charge is 0.106 e. The minimum Gasteiger partial charge on any atom is -0.330 e. The number of nitrogens with two attached hydrogens (primary N) is 1. The van der Waals surface area contributed by atoms with Gasteiger partial charge in [-0.1, -0.05) is 30.7 Å². The summed E-state index contributed by atoms with van der Waals surface area (Å²) < 4.78 is 0. The molecule has 0 fully saturated rings. The van der Waals surface area contributed by atoms with Crippen molar-refractivity contribution in [1.82, 2.24) is 4.98 Å². The van der Waals surface area contributed by atoms with Crippen molar-refractivity contribution in [2.45, 2.75) is 18.9 Å². The molecule has 0 aliphatic heterocycles. The van der Waals surface area contributed by atoms with Crippen LogP contribution in [0.5, 0.6) is 0 Å². The lowest BCUT2D eigenvalue weighted by molar-refractivity contribution is 1.14. The minimum atomic E-state index is 0.727. The lowest BCUT2D eigenvalue weighted by Gasteiger charge is -1.96. The first-order chi connectivity index (χ1) is 6.43. The number of hydrogen-bond acceptors (Lipinski definition) is 4. The molecule has 0 amide bonds. The molecule has 0 aliphatic carbocycles. The number of aromatic nitrogens is 1. The van der Waals surface area contributed by atoms with Crippen LogP contribution in [0.4, 0.5) is 0 Å². The molecule has 0 atom stereocenters. The van der Waals surface area contributed by atoms with Crippen molar-refractivity contribution in [3.05, 3.63) is 24.4 Å². The van der Waals surface area contributed by atoms with E-state index in [1.165, 1.54) is 0 Å². The van der Waals surface area contributed by atoms with Crippen LogP contribution in [0.15, 0.2) is 29.4 Å². The first kappa shape index (κ1) is 12.8. The normalized spacial score (nSPS) is 8.85. The maximum Gasteiger partial charge on any atom is 0.106 e. The molecule has 0 unspecified atom stereocenters. The van der Waals surface area contributed by atoms with Crippen LogP contribution >= 0.6 is 21.6 Å². The molecular formula is C9H16N2S2. The summed E-state index contributed by atoms with van der Waals surface area (Å²) in [6, 6.07) is 5.89. The van der Waals surface area contributed by atoms with E-state index in [-0.39, 0.29) is 0 Å². The van der Waals surface area contributed by atoms with Gasteiger partial charge < -0.3 is 5.73 Å². The quantitative estimate of drug-likeness (QED) is 0.620. The summed E-state index contributed by atoms with van der Waals surface area (Å²) in [5, 5.41) is 1.05. The molecule has 1 rings (SSSR count). The van der Waals surface area contributed by atoms with E-state index in [1.807, 2.05) is 32.0 Å². The largest absolute Gasteiger partial charge is 0.330 e. The maximum absolute atomic E-state index is 5.34. The van der Waals surface area contributed by atoms with Gasteiger partial charge in [0.15, 0.2) is 0 Å². The Bertz CT molecular complexity index is 192. The highest BCUT2D eigenvalue weighted by atomic mass is 33.1. The van der Waals surface area contributed by atoms with Crippen LogP contribution < -0.4 is 5.73 Å². The summed E-state index contributed by atoms with van der Waals surface area (Å²) in [6.07, 6.45) is 1.80. The lowest BCUT2D eigenvalue weighted by Crippen LogP contribution is -1.99. The number of rotatable bonds is 4. The Morgan fingerprint density at radius 3 is 2.69 bits per heavy atom. The van der Waals surface area contributed by atoms with Gasteiger partial charge in [-0.2, -0.15) is 0 Å². The van der Waals surface area contributed by atoms with Crippen molar-refractivity contribution in [3.8, 4) is 0 Å². The first-order valence-electron chi connectivity index (χ1n) is 4.34. The molecule has 1 aromatic heterocycles. The third-order valence-electron chi connectivity index (χ3n) is 0.983. The zero-order valence-corrected chi connectivity index (χ0v) is 9.70. The van der Waals surface area contributed by atoms with E-state index in [0.717, 1.165) is 17.3 Å². The van der Waals surface area contributed by atoms with Crippen LogP contribution in [-0.2, 0) is 0 Å². The first-order valence-corrected chi connectivity index (χ1v) is 6.66. The van der Waals surface area contributed by atoms with E-state index in [1.54, 1.807) is 27.8 Å². The second-order valence-corrected chi connectivity index (χ2v) is 4.30. The molecule has 1 aromatic rings. The van der Waals surface area contributed by atoms with Crippen molar-refractivity contribution in [2.24, 2.45) is 5.73 Å². The molecule has 2 nitrogen and oxygen atoms in total. The zero-order chi connectivity index (χ0) is 9.94. The predicted molar refractivity (Wildman–Crippen MR) is 63.0 cm³/mol. The molecule has 0 radical (unpaired) electrons. The molecule has 13 heavy (non-hydrogen) atoms. The lowest BCUT2D eigenvalue weighted by atomic mass is 10.5. The average Bonchev–Trinajstić information content (AvgIpc) is 2.23. The summed E-state index contributed by atoms with van der Waals surface area (Å²) in [4.78, 5) is 4.15. The molecule has 0 aromatic carbocycles. The molecule has 74 valence electrons. The highest BCUT2D eigenvalue weighted by molar-refractivity contribution is 8.76. The van der Waals surface area contributed by atoms with Crippen molar-refractivity contribution in [2.75, 3.05) is 12.3 Å². The van der Waals surface area contributed by atoms with Gasteiger partial charge >= 0.3 is 0 Å². The van der Waals surface area contributed by atoms with Gasteiger partial charge in [0.25, 0.3) is 0 Å². The Kier molecular flexibility index (Phi) is 9.75. The van der Waals surface area contributed by atoms with Gasteiger partial charge in [-0.05, 0) is 22.9 Å². The van der Waals surface area contributed by atoms with E-state index in [9.17, 15) is 0 Å². The van der Waals surface area contributed by atoms with Crippen LogP contribution in [0, 0.1) is 0 Å². The molecule has 2 N–H and O–H groups in total. The Morgan fingerprint density at radius 1 is 1.38 bits per heavy atom. The van der Waals surface area contributed by atoms with Gasteiger partial charge in [0.2, 0.25) is 0 Å². The SMILES string of the molecule is CC.NCCSSc1ccccn1. The van der Waals surface area contributed by atoms with Crippen molar-refractivity contribution in [1.29, 1.82) is 0 Å². The average molecular weight is 216 g/mol. The number of nitrogens with zero attached hydrogens (tertiary/aromatic N) is 1. The van der Waals surface area contributed by atoms with Gasteiger partial charge in [-0.15, -0.1) is 0 Å². The van der Waals surface area contributed by atoms with Crippen molar-refractivity contribution < 1.29 is 0 Å². The summed E-state index contributed by atoms with van der Waals surface area (Å²) in [6.45, 7) is 4.73. The molecule has 0 saturated heterocycles. The topological polar surface area (TPSA) is 38.9 Å². The standard InChI is InChI=1S/C7H10N2S2.C2H6/c8-4-6-10-11-7-3-1-2-5-9-7;1-2/h1-3,5H,4,6,8H2;1-2H3. The van der Waals surface area contributed by atoms with E-state index in [2.05, 4.69) is 4.98 Å². The highest BCUT2D eigenvalue weighted by Crippen LogP contribution is 2.27. The van der Waals surface area contributed by atoms with Crippen LogP contribution in [0.3, 0.4) is 0 Å². The molecule has 1 heterocycles. The Balaban J connectivity index is 0.000000671. The maximum atomic E-state index is 5.34. The Hall–Kier alpha value is -0.190. The summed E-state index contributed by atoms with van der Waals surface area (Å²) >= 11 is 0. The number of pyridine rings is 1. The highest BCUT2D eigenvalue weighted by Gasteiger charge is 1.92. The van der Waals surface area contributed by atoms with Crippen LogP contribution in [0.2, 0.25) is 0 Å². The van der Waals surface area contributed by atoms with Gasteiger partial charge in [0.05, 0.1) is 0 Å². The zero-order valence-electron chi connectivity index (χ0n) is 8.06. The number of hydrogen-bond donors (Lipinski definition) is 1. The molecule has 0 aliphatic rings. The van der Waals surface area contributed by atoms with Gasteiger partial charge in [0.1, 0.15) is 5.03 Å². The monoisotopic (exact) mass is 216 g/mol. The van der Waals surface area contributed by atoms with Crippen LogP contribution in [-0.4, -0.2) is 17.3 Å². The summed E-state index contributed by atoms with van der Waals surface area (Å²) in [7, 11) is 3.41. The molecule has 0 saturated carbocycles. The second kappa shape index (κ2) is 9.89. The third-order valence-corrected chi connectivity index (χ3v) is 3.28. The van der Waals surface area contributed by atoms with Crippen molar-refractivity contribution in [3.63, 3.8) is 0 Å². The van der Waals surface area contributed by atoms with Crippen LogP contribution in [0.25, 0.3) is 0 Å². The molecule has 0 spiro atoms. The fraction of sp³-hybridized carbons (Fsp3) is 0.444. The molecular weight excluding hydrogens is 200 g/mol. The van der Waals surface area contributed by atoms with E-state index < -0.39 is 0 Å². The van der Waals surface area contributed by atoms with E-state index >= 15 is 0 Å². The Morgan fingerprint density at radius 2 is 2.15 bits per heavy atom. The van der Waals surface area contributed by atoms with E-state index in [4.69, 9.17) is 5.73 Å². The minimum absolute atomic E-state index is 0.727. The summed E-state index contributed by atoms with van der Waals surface area (Å²) in [5.74, 6) is 0.973. The van der Waals surface area contributed by atoms with Gasteiger partial charge in [-0.25, -0.2) is 4.98 Å². The van der Waals surface area contributed by atoms with Crippen molar-refractivity contribution >= 4 is 21.6 Å². The fourth-order valence-electron chi connectivity index (χ4n) is 0.547. The van der Waals surface area contributed by atoms with Gasteiger partial charge in [0, 0.05) is 18.5 Å². The third kappa shape index (κ3) is 6.93. The van der Waals surface area contributed by atoms with E-state index in [0.29, 0.717) is 0 Å². The van der Waals surface area contributed by atoms with Gasteiger partial charge in [-0.3, -0.25) is 0 Å². The predicted octanol–water partition coefficient (Wildman–Crippen LogP) is 2.81. The van der Waals surface area contributed by atoms with Crippen LogP contribution in [0.1, 0.15) is 13.8 Å². The Labute approximate surface area is 88.1 Å². The molecule has 0 bridgehead atoms.